The van der Waals surface area contributed by atoms with Gasteiger partial charge in [-0.3, -0.25) is 4.68 Å². The van der Waals surface area contributed by atoms with Gasteiger partial charge in [-0.1, -0.05) is 20.8 Å². The number of anilines is 2. The molecule has 0 aliphatic rings. The molecule has 0 aliphatic carbocycles. The van der Waals surface area contributed by atoms with E-state index in [2.05, 4.69) is 47.5 Å². The van der Waals surface area contributed by atoms with Gasteiger partial charge in [0.15, 0.2) is 0 Å². The van der Waals surface area contributed by atoms with Crippen molar-refractivity contribution in [1.82, 2.24) is 19.1 Å². The van der Waals surface area contributed by atoms with E-state index in [0.29, 0.717) is 0 Å². The largest absolute Gasteiger partial charge is 0.328 e. The second-order valence-corrected chi connectivity index (χ2v) is 5.63. The Morgan fingerprint density at radius 3 is 2.71 bits per heavy atom. The molecular weight excluding hydrogens is 234 g/mol. The summed E-state index contributed by atoms with van der Waals surface area (Å²) in [5, 5.41) is 8.22. The van der Waals surface area contributed by atoms with E-state index in [0.717, 1.165) is 23.2 Å². The Labute approximate surface area is 105 Å². The molecule has 0 aliphatic heterocycles. The second-order valence-electron chi connectivity index (χ2n) is 4.88. The minimum Gasteiger partial charge on any atom is -0.328 e. The molecule has 0 radical (unpaired) electrons. The van der Waals surface area contributed by atoms with Crippen LogP contribution < -0.4 is 5.32 Å². The zero-order valence-corrected chi connectivity index (χ0v) is 11.4. The molecule has 6 heteroatoms. The molecule has 2 aromatic heterocycles. The van der Waals surface area contributed by atoms with Crippen LogP contribution in [0.15, 0.2) is 12.4 Å². The van der Waals surface area contributed by atoms with Crippen molar-refractivity contribution in [3.05, 3.63) is 18.2 Å². The van der Waals surface area contributed by atoms with Crippen LogP contribution in [0.2, 0.25) is 0 Å². The van der Waals surface area contributed by atoms with Crippen molar-refractivity contribution in [2.75, 3.05) is 5.32 Å². The number of nitrogens with one attached hydrogen (secondary N) is 1. The second kappa shape index (κ2) is 4.44. The van der Waals surface area contributed by atoms with Crippen molar-refractivity contribution >= 4 is 22.4 Å². The molecule has 0 saturated heterocycles. The lowest BCUT2D eigenvalue weighted by Gasteiger charge is -2.12. The van der Waals surface area contributed by atoms with Crippen LogP contribution in [0, 0.1) is 0 Å². The quantitative estimate of drug-likeness (QED) is 0.911. The molecule has 0 bridgehead atoms. The minimum absolute atomic E-state index is 0.00989. The van der Waals surface area contributed by atoms with Gasteiger partial charge in [0, 0.05) is 29.7 Å². The van der Waals surface area contributed by atoms with Gasteiger partial charge in [0.05, 0.1) is 11.9 Å². The summed E-state index contributed by atoms with van der Waals surface area (Å²) in [6.07, 6.45) is 3.75. The Morgan fingerprint density at radius 2 is 2.18 bits per heavy atom. The maximum absolute atomic E-state index is 4.47. The van der Waals surface area contributed by atoms with Gasteiger partial charge in [0.25, 0.3) is 0 Å². The minimum atomic E-state index is -0.00989. The highest BCUT2D eigenvalue weighted by molar-refractivity contribution is 7.09. The van der Waals surface area contributed by atoms with Crippen molar-refractivity contribution in [2.24, 2.45) is 0 Å². The normalized spacial score (nSPS) is 11.8. The fourth-order valence-electron chi connectivity index (χ4n) is 1.30. The van der Waals surface area contributed by atoms with Crippen LogP contribution >= 0.6 is 11.5 Å². The number of aryl methyl sites for hydroxylation is 1. The van der Waals surface area contributed by atoms with E-state index in [9.17, 15) is 0 Å². The summed E-state index contributed by atoms with van der Waals surface area (Å²) in [5.74, 6) is 0.868. The SMILES string of the molecule is CCn1cc(Nc2nc(C(C)(C)C)ns2)cn1. The molecule has 92 valence electrons. The predicted octanol–water partition coefficient (Wildman–Crippen LogP) is 2.80. The van der Waals surface area contributed by atoms with Crippen LogP contribution in [0.3, 0.4) is 0 Å². The zero-order chi connectivity index (χ0) is 12.5. The number of hydrogen-bond acceptors (Lipinski definition) is 5. The fourth-order valence-corrected chi connectivity index (χ4v) is 2.08. The van der Waals surface area contributed by atoms with Crippen LogP contribution in [-0.4, -0.2) is 19.1 Å². The van der Waals surface area contributed by atoms with Crippen molar-refractivity contribution in [3.63, 3.8) is 0 Å². The molecule has 17 heavy (non-hydrogen) atoms. The third-order valence-corrected chi connectivity index (χ3v) is 2.94. The summed E-state index contributed by atoms with van der Waals surface area (Å²) in [4.78, 5) is 4.47. The molecular formula is C11H17N5S. The van der Waals surface area contributed by atoms with Crippen LogP contribution in [0.4, 0.5) is 10.8 Å². The fraction of sp³-hybridized carbons (Fsp3) is 0.545. The lowest BCUT2D eigenvalue weighted by Crippen LogP contribution is -2.13. The van der Waals surface area contributed by atoms with Crippen LogP contribution in [0.5, 0.6) is 0 Å². The van der Waals surface area contributed by atoms with Crippen molar-refractivity contribution in [1.29, 1.82) is 0 Å². The summed E-state index contributed by atoms with van der Waals surface area (Å²) in [6, 6.07) is 0. The number of rotatable bonds is 3. The summed E-state index contributed by atoms with van der Waals surface area (Å²) >= 11 is 1.38. The van der Waals surface area contributed by atoms with Crippen LogP contribution in [-0.2, 0) is 12.0 Å². The summed E-state index contributed by atoms with van der Waals surface area (Å²) in [5.41, 5.74) is 0.938. The molecule has 0 aromatic carbocycles. The Kier molecular flexibility index (Phi) is 3.15. The van der Waals surface area contributed by atoms with E-state index in [1.54, 1.807) is 6.20 Å². The first-order chi connectivity index (χ1) is 7.99. The van der Waals surface area contributed by atoms with Crippen molar-refractivity contribution in [3.8, 4) is 0 Å². The first kappa shape index (κ1) is 12.0. The highest BCUT2D eigenvalue weighted by Crippen LogP contribution is 2.24. The third kappa shape index (κ3) is 2.82. The maximum Gasteiger partial charge on any atom is 0.207 e. The van der Waals surface area contributed by atoms with Crippen molar-refractivity contribution < 1.29 is 0 Å². The van der Waals surface area contributed by atoms with E-state index in [1.165, 1.54) is 11.5 Å². The summed E-state index contributed by atoms with van der Waals surface area (Å²) < 4.78 is 6.22. The van der Waals surface area contributed by atoms with Gasteiger partial charge in [0.2, 0.25) is 5.13 Å². The van der Waals surface area contributed by atoms with Gasteiger partial charge in [-0.05, 0) is 6.92 Å². The molecule has 0 saturated carbocycles. The maximum atomic E-state index is 4.47. The molecule has 2 rings (SSSR count). The van der Waals surface area contributed by atoms with Gasteiger partial charge >= 0.3 is 0 Å². The number of nitrogens with zero attached hydrogens (tertiary/aromatic N) is 4. The van der Waals surface area contributed by atoms with Gasteiger partial charge < -0.3 is 5.32 Å². The molecule has 2 aromatic rings. The van der Waals surface area contributed by atoms with Gasteiger partial charge in [-0.15, -0.1) is 0 Å². The molecule has 2 heterocycles. The highest BCUT2D eigenvalue weighted by atomic mass is 32.1. The van der Waals surface area contributed by atoms with E-state index >= 15 is 0 Å². The predicted molar refractivity (Wildman–Crippen MR) is 69.8 cm³/mol. The molecule has 0 fully saturated rings. The summed E-state index contributed by atoms with van der Waals surface area (Å²) in [7, 11) is 0. The summed E-state index contributed by atoms with van der Waals surface area (Å²) in [6.45, 7) is 9.24. The zero-order valence-electron chi connectivity index (χ0n) is 10.6. The average molecular weight is 251 g/mol. The van der Waals surface area contributed by atoms with Crippen LogP contribution in [0.1, 0.15) is 33.5 Å². The van der Waals surface area contributed by atoms with Gasteiger partial charge in [-0.25, -0.2) is 4.98 Å². The molecule has 0 spiro atoms. The smallest absolute Gasteiger partial charge is 0.207 e. The average Bonchev–Trinajstić information content (AvgIpc) is 2.86. The lowest BCUT2D eigenvalue weighted by atomic mass is 9.96. The molecule has 0 amide bonds. The highest BCUT2D eigenvalue weighted by Gasteiger charge is 2.19. The third-order valence-electron chi connectivity index (χ3n) is 2.31. The van der Waals surface area contributed by atoms with E-state index in [-0.39, 0.29) is 5.41 Å². The number of hydrogen-bond donors (Lipinski definition) is 1. The monoisotopic (exact) mass is 251 g/mol. The molecule has 1 N–H and O–H groups in total. The Hall–Kier alpha value is -1.43. The van der Waals surface area contributed by atoms with E-state index in [1.807, 2.05) is 10.9 Å². The Bertz CT molecular complexity index is 494. The standard InChI is InChI=1S/C11H17N5S/c1-5-16-7-8(6-12-16)13-10-14-9(15-17-10)11(2,3)4/h6-7H,5H2,1-4H3,(H,13,14,15). The lowest BCUT2D eigenvalue weighted by molar-refractivity contribution is 0.555. The number of aromatic nitrogens is 4. The van der Waals surface area contributed by atoms with E-state index in [4.69, 9.17) is 0 Å². The van der Waals surface area contributed by atoms with Gasteiger partial charge in [-0.2, -0.15) is 9.47 Å². The first-order valence-electron chi connectivity index (χ1n) is 5.62. The Balaban J connectivity index is 2.11. The van der Waals surface area contributed by atoms with Crippen molar-refractivity contribution in [2.45, 2.75) is 39.7 Å². The van der Waals surface area contributed by atoms with Crippen LogP contribution in [0.25, 0.3) is 0 Å². The molecule has 0 atom stereocenters. The molecule has 0 unspecified atom stereocenters. The van der Waals surface area contributed by atoms with Gasteiger partial charge in [0.1, 0.15) is 5.82 Å². The van der Waals surface area contributed by atoms with E-state index < -0.39 is 0 Å². The Morgan fingerprint density at radius 1 is 1.41 bits per heavy atom. The first-order valence-corrected chi connectivity index (χ1v) is 6.40. The topological polar surface area (TPSA) is 55.6 Å². The molecule has 5 nitrogen and oxygen atoms in total.